The number of rotatable bonds is 4. The molecule has 0 atom stereocenters. The van der Waals surface area contributed by atoms with Gasteiger partial charge in [-0.1, -0.05) is 23.7 Å². The van der Waals surface area contributed by atoms with E-state index in [-0.39, 0.29) is 0 Å². The summed E-state index contributed by atoms with van der Waals surface area (Å²) < 4.78 is 1.64. The number of nitrogens with zero attached hydrogens (tertiary/aromatic N) is 4. The van der Waals surface area contributed by atoms with Crippen molar-refractivity contribution in [1.29, 1.82) is 0 Å². The highest BCUT2D eigenvalue weighted by molar-refractivity contribution is 6.30. The zero-order valence-corrected chi connectivity index (χ0v) is 10.9. The lowest BCUT2D eigenvalue weighted by Crippen LogP contribution is -2.07. The van der Waals surface area contributed by atoms with Gasteiger partial charge in [0.2, 0.25) is 0 Å². The molecule has 0 aliphatic rings. The first-order valence-electron chi connectivity index (χ1n) is 5.97. The van der Waals surface area contributed by atoms with Crippen LogP contribution in [0.1, 0.15) is 5.56 Å². The molecule has 0 aliphatic heterocycles. The fraction of sp³-hybridized carbons (Fsp3) is 0.154. The van der Waals surface area contributed by atoms with Crippen LogP contribution < -0.4 is 5.32 Å². The van der Waals surface area contributed by atoms with Crippen LogP contribution in [0, 0.1) is 0 Å². The number of fused-ring (bicyclic) bond motifs is 1. The summed E-state index contributed by atoms with van der Waals surface area (Å²) in [4.78, 5) is 0. The van der Waals surface area contributed by atoms with Gasteiger partial charge in [0, 0.05) is 11.6 Å². The largest absolute Gasteiger partial charge is 0.368 e. The van der Waals surface area contributed by atoms with Gasteiger partial charge in [0.1, 0.15) is 12.1 Å². The minimum atomic E-state index is 0.739. The summed E-state index contributed by atoms with van der Waals surface area (Å²) in [5.74, 6) is 0.807. The number of anilines is 1. The fourth-order valence-corrected chi connectivity index (χ4v) is 1.93. The first-order chi connectivity index (χ1) is 9.31. The van der Waals surface area contributed by atoms with Crippen LogP contribution >= 0.6 is 11.6 Å². The Hall–Kier alpha value is -2.14. The Kier molecular flexibility index (Phi) is 3.29. The molecule has 0 amide bonds. The average molecular weight is 274 g/mol. The van der Waals surface area contributed by atoms with Gasteiger partial charge >= 0.3 is 0 Å². The Labute approximate surface area is 115 Å². The molecule has 6 heteroatoms. The molecule has 0 spiro atoms. The zero-order valence-electron chi connectivity index (χ0n) is 10.1. The maximum absolute atomic E-state index is 5.85. The predicted molar refractivity (Wildman–Crippen MR) is 74.4 cm³/mol. The molecular weight excluding hydrogens is 262 g/mol. The van der Waals surface area contributed by atoms with E-state index in [9.17, 15) is 0 Å². The molecule has 5 nitrogen and oxygen atoms in total. The molecule has 1 aromatic carbocycles. The van der Waals surface area contributed by atoms with Crippen molar-refractivity contribution in [3.63, 3.8) is 0 Å². The lowest BCUT2D eigenvalue weighted by Gasteiger charge is -2.05. The van der Waals surface area contributed by atoms with Crippen molar-refractivity contribution in [2.24, 2.45) is 0 Å². The molecule has 0 radical (unpaired) electrons. The SMILES string of the molecule is Clc1ccc(CCNc2ccc3nncn3n2)cc1. The smallest absolute Gasteiger partial charge is 0.177 e. The summed E-state index contributed by atoms with van der Waals surface area (Å²) >= 11 is 5.85. The first kappa shape index (κ1) is 11.9. The molecule has 1 N–H and O–H groups in total. The van der Waals surface area contributed by atoms with E-state index in [0.717, 1.165) is 29.5 Å². The molecule has 2 heterocycles. The van der Waals surface area contributed by atoms with Crippen LogP contribution in [0.3, 0.4) is 0 Å². The Morgan fingerprint density at radius 1 is 1.11 bits per heavy atom. The van der Waals surface area contributed by atoms with Gasteiger partial charge in [0.05, 0.1) is 0 Å². The van der Waals surface area contributed by atoms with Crippen molar-refractivity contribution in [2.45, 2.75) is 6.42 Å². The van der Waals surface area contributed by atoms with Crippen LogP contribution in [-0.4, -0.2) is 26.4 Å². The van der Waals surface area contributed by atoms with Gasteiger partial charge in [-0.2, -0.15) is 4.52 Å². The van der Waals surface area contributed by atoms with Crippen LogP contribution in [0.25, 0.3) is 5.65 Å². The molecule has 0 aliphatic carbocycles. The predicted octanol–water partition coefficient (Wildman–Crippen LogP) is 2.43. The molecule has 0 saturated carbocycles. The second-order valence-electron chi connectivity index (χ2n) is 4.16. The lowest BCUT2D eigenvalue weighted by atomic mass is 10.1. The van der Waals surface area contributed by atoms with Crippen LogP contribution in [0.15, 0.2) is 42.7 Å². The summed E-state index contributed by atoms with van der Waals surface area (Å²) in [6.07, 6.45) is 2.50. The van der Waals surface area contributed by atoms with Gasteiger partial charge in [0.15, 0.2) is 5.65 Å². The van der Waals surface area contributed by atoms with Crippen molar-refractivity contribution in [2.75, 3.05) is 11.9 Å². The highest BCUT2D eigenvalue weighted by Crippen LogP contribution is 2.10. The minimum Gasteiger partial charge on any atom is -0.368 e. The van der Waals surface area contributed by atoms with E-state index in [1.165, 1.54) is 5.56 Å². The van der Waals surface area contributed by atoms with Crippen molar-refractivity contribution in [3.8, 4) is 0 Å². The Morgan fingerprint density at radius 3 is 2.79 bits per heavy atom. The molecule has 0 unspecified atom stereocenters. The Morgan fingerprint density at radius 2 is 1.95 bits per heavy atom. The van der Waals surface area contributed by atoms with Crippen LogP contribution in [0.4, 0.5) is 5.82 Å². The monoisotopic (exact) mass is 273 g/mol. The summed E-state index contributed by atoms with van der Waals surface area (Å²) in [5, 5.41) is 16.1. The number of aromatic nitrogens is 4. The first-order valence-corrected chi connectivity index (χ1v) is 6.34. The van der Waals surface area contributed by atoms with Gasteiger partial charge in [-0.25, -0.2) is 0 Å². The second-order valence-corrected chi connectivity index (χ2v) is 4.59. The Balaban J connectivity index is 1.61. The normalized spacial score (nSPS) is 10.8. The number of nitrogens with one attached hydrogen (secondary N) is 1. The highest BCUT2D eigenvalue weighted by Gasteiger charge is 1.99. The molecule has 3 aromatic rings. The van der Waals surface area contributed by atoms with Crippen LogP contribution in [-0.2, 0) is 6.42 Å². The standard InChI is InChI=1S/C13H12ClN5/c14-11-3-1-10(2-4-11)7-8-15-12-5-6-13-17-16-9-19(13)18-12/h1-6,9H,7-8H2,(H,15,18). The van der Waals surface area contributed by atoms with Crippen molar-refractivity contribution < 1.29 is 0 Å². The van der Waals surface area contributed by atoms with E-state index < -0.39 is 0 Å². The molecule has 0 saturated heterocycles. The van der Waals surface area contributed by atoms with Crippen LogP contribution in [0.2, 0.25) is 5.02 Å². The maximum Gasteiger partial charge on any atom is 0.177 e. The number of halogens is 1. The molecule has 0 bridgehead atoms. The summed E-state index contributed by atoms with van der Waals surface area (Å²) in [6.45, 7) is 0.808. The molecular formula is C13H12ClN5. The average Bonchev–Trinajstić information content (AvgIpc) is 2.88. The third-order valence-electron chi connectivity index (χ3n) is 2.79. The third-order valence-corrected chi connectivity index (χ3v) is 3.05. The molecule has 0 fully saturated rings. The summed E-state index contributed by atoms with van der Waals surface area (Å²) in [5.41, 5.74) is 1.98. The van der Waals surface area contributed by atoms with E-state index in [1.54, 1.807) is 10.8 Å². The van der Waals surface area contributed by atoms with Gasteiger partial charge in [-0.05, 0) is 36.2 Å². The van der Waals surface area contributed by atoms with E-state index >= 15 is 0 Å². The number of hydrogen-bond acceptors (Lipinski definition) is 4. The lowest BCUT2D eigenvalue weighted by molar-refractivity contribution is 0.908. The quantitative estimate of drug-likeness (QED) is 0.793. The van der Waals surface area contributed by atoms with Crippen molar-refractivity contribution in [1.82, 2.24) is 19.8 Å². The van der Waals surface area contributed by atoms with E-state index in [1.807, 2.05) is 36.4 Å². The van der Waals surface area contributed by atoms with Crippen LogP contribution in [0.5, 0.6) is 0 Å². The van der Waals surface area contributed by atoms with Crippen molar-refractivity contribution >= 4 is 23.1 Å². The number of hydrogen-bond donors (Lipinski definition) is 1. The molecule has 96 valence electrons. The minimum absolute atomic E-state index is 0.739. The van der Waals surface area contributed by atoms with E-state index in [2.05, 4.69) is 20.6 Å². The van der Waals surface area contributed by atoms with Gasteiger partial charge in [0.25, 0.3) is 0 Å². The second kappa shape index (κ2) is 5.24. The fourth-order valence-electron chi connectivity index (χ4n) is 1.81. The summed E-state index contributed by atoms with van der Waals surface area (Å²) in [7, 11) is 0. The molecule has 19 heavy (non-hydrogen) atoms. The zero-order chi connectivity index (χ0) is 13.1. The third kappa shape index (κ3) is 2.82. The van der Waals surface area contributed by atoms with E-state index in [4.69, 9.17) is 11.6 Å². The topological polar surface area (TPSA) is 55.1 Å². The highest BCUT2D eigenvalue weighted by atomic mass is 35.5. The van der Waals surface area contributed by atoms with Gasteiger partial charge in [-0.15, -0.1) is 15.3 Å². The molecule has 2 aromatic heterocycles. The van der Waals surface area contributed by atoms with E-state index in [0.29, 0.717) is 0 Å². The summed E-state index contributed by atoms with van der Waals surface area (Å²) in [6, 6.07) is 11.6. The van der Waals surface area contributed by atoms with Gasteiger partial charge in [-0.3, -0.25) is 0 Å². The Bertz CT molecular complexity index is 677. The molecule has 3 rings (SSSR count). The number of benzene rings is 1. The maximum atomic E-state index is 5.85. The van der Waals surface area contributed by atoms with Crippen molar-refractivity contribution in [3.05, 3.63) is 53.3 Å². The van der Waals surface area contributed by atoms with Gasteiger partial charge < -0.3 is 5.32 Å².